The van der Waals surface area contributed by atoms with Gasteiger partial charge in [0.15, 0.2) is 0 Å². The Bertz CT molecular complexity index is 1350. The van der Waals surface area contributed by atoms with Gasteiger partial charge in [-0.25, -0.2) is 8.42 Å². The monoisotopic (exact) mass is 569 g/mol. The summed E-state index contributed by atoms with van der Waals surface area (Å²) >= 11 is 6.21. The molecule has 0 bridgehead atoms. The fraction of sp³-hybridized carbons (Fsp3) is 0.333. The summed E-state index contributed by atoms with van der Waals surface area (Å²) in [5, 5.41) is 3.41. The zero-order chi connectivity index (χ0) is 28.4. The van der Waals surface area contributed by atoms with E-state index in [1.165, 1.54) is 4.31 Å². The zero-order valence-electron chi connectivity index (χ0n) is 22.6. The number of rotatable bonds is 13. The fourth-order valence-corrected chi connectivity index (χ4v) is 5.57. The van der Waals surface area contributed by atoms with E-state index in [0.717, 1.165) is 22.9 Å². The molecule has 0 radical (unpaired) electrons. The molecule has 0 spiro atoms. The number of carbonyl (C=O) groups is 2. The Balaban J connectivity index is 1.85. The van der Waals surface area contributed by atoms with E-state index in [1.807, 2.05) is 68.4 Å². The highest BCUT2D eigenvalue weighted by Gasteiger charge is 2.30. The molecular weight excluding hydrogens is 534 g/mol. The van der Waals surface area contributed by atoms with E-state index in [9.17, 15) is 18.0 Å². The van der Waals surface area contributed by atoms with Gasteiger partial charge >= 0.3 is 0 Å². The lowest BCUT2D eigenvalue weighted by Crippen LogP contribution is -2.50. The second kappa shape index (κ2) is 14.1. The van der Waals surface area contributed by atoms with Crippen molar-refractivity contribution in [2.24, 2.45) is 0 Å². The number of anilines is 1. The number of hydrogen-bond donors (Lipinski definition) is 1. The van der Waals surface area contributed by atoms with Crippen LogP contribution in [-0.2, 0) is 32.6 Å². The summed E-state index contributed by atoms with van der Waals surface area (Å²) in [5.41, 5.74) is 3.31. The number of likely N-dealkylation sites (N-methyl/N-ethyl adjacent to an activating group) is 1. The summed E-state index contributed by atoms with van der Waals surface area (Å²) in [4.78, 5) is 28.6. The molecule has 0 aliphatic heterocycles. The number of halogens is 1. The number of amides is 2. The van der Waals surface area contributed by atoms with E-state index in [2.05, 4.69) is 5.32 Å². The van der Waals surface area contributed by atoms with Crippen LogP contribution in [0.25, 0.3) is 0 Å². The zero-order valence-corrected chi connectivity index (χ0v) is 24.2. The molecule has 208 valence electrons. The van der Waals surface area contributed by atoms with Crippen molar-refractivity contribution < 1.29 is 18.0 Å². The van der Waals surface area contributed by atoms with Crippen molar-refractivity contribution >= 4 is 39.1 Å². The summed E-state index contributed by atoms with van der Waals surface area (Å²) in [5.74, 6) is -0.478. The third kappa shape index (κ3) is 9.11. The highest BCUT2D eigenvalue weighted by Crippen LogP contribution is 2.21. The maximum Gasteiger partial charge on any atom is 0.243 e. The van der Waals surface area contributed by atoms with E-state index in [1.54, 1.807) is 29.2 Å². The molecule has 0 aliphatic carbocycles. The smallest absolute Gasteiger partial charge is 0.243 e. The molecule has 0 aliphatic rings. The van der Waals surface area contributed by atoms with Gasteiger partial charge in [0, 0.05) is 37.5 Å². The first-order valence-corrected chi connectivity index (χ1v) is 15.2. The van der Waals surface area contributed by atoms with Crippen molar-refractivity contribution in [2.75, 3.05) is 23.7 Å². The largest absolute Gasteiger partial charge is 0.355 e. The summed E-state index contributed by atoms with van der Waals surface area (Å²) < 4.78 is 26.4. The topological polar surface area (TPSA) is 86.8 Å². The Morgan fingerprint density at radius 2 is 1.62 bits per heavy atom. The molecule has 2 amide bonds. The minimum atomic E-state index is -3.55. The van der Waals surface area contributed by atoms with Crippen molar-refractivity contribution in [2.45, 2.75) is 45.7 Å². The van der Waals surface area contributed by atoms with Crippen LogP contribution < -0.4 is 9.62 Å². The average Bonchev–Trinajstić information content (AvgIpc) is 2.89. The average molecular weight is 570 g/mol. The van der Waals surface area contributed by atoms with Crippen molar-refractivity contribution in [1.29, 1.82) is 0 Å². The second-order valence-electron chi connectivity index (χ2n) is 9.53. The Labute approximate surface area is 236 Å². The molecule has 0 unspecified atom stereocenters. The molecule has 3 rings (SSSR count). The molecule has 0 fully saturated rings. The third-order valence-corrected chi connectivity index (χ3v) is 7.77. The summed E-state index contributed by atoms with van der Waals surface area (Å²) in [6, 6.07) is 23.3. The highest BCUT2D eigenvalue weighted by molar-refractivity contribution is 7.92. The van der Waals surface area contributed by atoms with Crippen LogP contribution in [0.4, 0.5) is 5.69 Å². The van der Waals surface area contributed by atoms with E-state index < -0.39 is 16.1 Å². The SMILES string of the molecule is CCNC(=O)[C@H](Cc1ccccc1)N(Cc1cccc(Cl)c1)C(=O)CCCN(c1ccc(C)cc1)S(C)(=O)=O. The predicted octanol–water partition coefficient (Wildman–Crippen LogP) is 4.97. The third-order valence-electron chi connectivity index (χ3n) is 6.34. The number of sulfonamides is 1. The molecule has 0 saturated heterocycles. The van der Waals surface area contributed by atoms with Crippen LogP contribution in [0, 0.1) is 6.92 Å². The fourth-order valence-electron chi connectivity index (χ4n) is 4.39. The van der Waals surface area contributed by atoms with Gasteiger partial charge in [-0.15, -0.1) is 0 Å². The Morgan fingerprint density at radius 1 is 0.949 bits per heavy atom. The van der Waals surface area contributed by atoms with Crippen LogP contribution in [0.1, 0.15) is 36.5 Å². The van der Waals surface area contributed by atoms with Crippen LogP contribution in [0.3, 0.4) is 0 Å². The van der Waals surface area contributed by atoms with Crippen LogP contribution >= 0.6 is 11.6 Å². The van der Waals surface area contributed by atoms with Crippen LogP contribution in [0.5, 0.6) is 0 Å². The standard InChI is InChI=1S/C30H36ClN3O4S/c1-4-32-30(36)28(21-24-10-6-5-7-11-24)33(22-25-12-8-13-26(31)20-25)29(35)14-9-19-34(39(3,37)38)27-17-15-23(2)16-18-27/h5-8,10-13,15-18,20,28H,4,9,14,19,21-22H2,1-3H3,(H,32,36)/t28-/m0/s1. The molecule has 3 aromatic rings. The maximum atomic E-state index is 13.7. The minimum absolute atomic E-state index is 0.0726. The molecular formula is C30H36ClN3O4S. The van der Waals surface area contributed by atoms with Crippen molar-refractivity contribution in [3.63, 3.8) is 0 Å². The molecule has 9 heteroatoms. The molecule has 0 saturated carbocycles. The van der Waals surface area contributed by atoms with E-state index >= 15 is 0 Å². The van der Waals surface area contributed by atoms with E-state index in [4.69, 9.17) is 11.6 Å². The first-order valence-electron chi connectivity index (χ1n) is 13.0. The van der Waals surface area contributed by atoms with Crippen LogP contribution in [0.15, 0.2) is 78.9 Å². The number of carbonyl (C=O) groups excluding carboxylic acids is 2. The highest BCUT2D eigenvalue weighted by atomic mass is 35.5. The summed E-state index contributed by atoms with van der Waals surface area (Å²) in [7, 11) is -3.55. The van der Waals surface area contributed by atoms with Gasteiger partial charge in [-0.2, -0.15) is 0 Å². The molecule has 39 heavy (non-hydrogen) atoms. The quantitative estimate of drug-likeness (QED) is 0.315. The molecule has 0 aromatic heterocycles. The van der Waals surface area contributed by atoms with E-state index in [0.29, 0.717) is 30.1 Å². The number of nitrogens with one attached hydrogen (secondary N) is 1. The second-order valence-corrected chi connectivity index (χ2v) is 11.9. The van der Waals surface area contributed by atoms with Gasteiger partial charge < -0.3 is 10.2 Å². The lowest BCUT2D eigenvalue weighted by molar-refractivity contribution is -0.141. The molecule has 1 N–H and O–H groups in total. The van der Waals surface area contributed by atoms with Crippen molar-refractivity contribution in [1.82, 2.24) is 10.2 Å². The molecule has 3 aromatic carbocycles. The lowest BCUT2D eigenvalue weighted by atomic mass is 10.0. The van der Waals surface area contributed by atoms with Crippen molar-refractivity contribution in [3.8, 4) is 0 Å². The normalized spacial score (nSPS) is 12.0. The summed E-state index contributed by atoms with van der Waals surface area (Å²) in [6.07, 6.45) is 1.87. The molecule has 7 nitrogen and oxygen atoms in total. The maximum absolute atomic E-state index is 13.7. The van der Waals surface area contributed by atoms with Crippen molar-refractivity contribution in [3.05, 3.63) is 101 Å². The Morgan fingerprint density at radius 3 is 2.23 bits per heavy atom. The van der Waals surface area contributed by atoms with Gasteiger partial charge in [-0.1, -0.05) is 71.8 Å². The van der Waals surface area contributed by atoms with Gasteiger partial charge in [0.05, 0.1) is 11.9 Å². The summed E-state index contributed by atoms with van der Waals surface area (Å²) in [6.45, 7) is 4.54. The Kier molecular flexibility index (Phi) is 10.9. The van der Waals surface area contributed by atoms with Gasteiger partial charge in [0.2, 0.25) is 21.8 Å². The molecule has 1 atom stereocenters. The van der Waals surface area contributed by atoms with Gasteiger partial charge in [0.1, 0.15) is 6.04 Å². The van der Waals surface area contributed by atoms with Gasteiger partial charge in [0.25, 0.3) is 0 Å². The number of nitrogens with zero attached hydrogens (tertiary/aromatic N) is 2. The molecule has 0 heterocycles. The minimum Gasteiger partial charge on any atom is -0.355 e. The van der Waals surface area contributed by atoms with Crippen LogP contribution in [0.2, 0.25) is 5.02 Å². The number of hydrogen-bond acceptors (Lipinski definition) is 4. The first-order chi connectivity index (χ1) is 18.6. The van der Waals surface area contributed by atoms with E-state index in [-0.39, 0.29) is 31.3 Å². The Hall–Kier alpha value is -3.36. The number of aryl methyl sites for hydroxylation is 1. The van der Waals surface area contributed by atoms with Gasteiger partial charge in [-0.3, -0.25) is 13.9 Å². The number of benzene rings is 3. The first kappa shape index (κ1) is 30.2. The van der Waals surface area contributed by atoms with Gasteiger partial charge in [-0.05, 0) is 55.7 Å². The predicted molar refractivity (Wildman–Crippen MR) is 157 cm³/mol. The lowest BCUT2D eigenvalue weighted by Gasteiger charge is -2.32. The van der Waals surface area contributed by atoms with Crippen LogP contribution in [-0.4, -0.2) is 50.5 Å².